The van der Waals surface area contributed by atoms with Gasteiger partial charge in [-0.1, -0.05) is 45.0 Å². The molecule has 2 unspecified atom stereocenters. The molecule has 0 aliphatic carbocycles. The van der Waals surface area contributed by atoms with E-state index in [9.17, 15) is 0 Å². The van der Waals surface area contributed by atoms with Gasteiger partial charge in [-0.2, -0.15) is 11.8 Å². The van der Waals surface area contributed by atoms with Gasteiger partial charge in [0.05, 0.1) is 0 Å². The maximum Gasteiger partial charge on any atom is 0.0116 e. The Morgan fingerprint density at radius 3 is 2.44 bits per heavy atom. The minimum absolute atomic E-state index is 0.239. The van der Waals surface area contributed by atoms with Crippen molar-refractivity contribution < 1.29 is 0 Å². The van der Waals surface area contributed by atoms with Crippen molar-refractivity contribution in [3.05, 3.63) is 35.4 Å². The van der Waals surface area contributed by atoms with Crippen LogP contribution in [0.4, 0.5) is 0 Å². The molecule has 1 aromatic rings. The Labute approximate surface area is 116 Å². The first-order valence-corrected chi connectivity index (χ1v) is 8.05. The molecule has 1 heterocycles. The van der Waals surface area contributed by atoms with E-state index in [1.165, 1.54) is 29.1 Å². The lowest BCUT2D eigenvalue weighted by molar-refractivity contribution is 0.462. The molecular weight excluding hydrogens is 238 g/mol. The zero-order valence-electron chi connectivity index (χ0n) is 11.8. The first kappa shape index (κ1) is 14.0. The Kier molecular flexibility index (Phi) is 4.39. The summed E-state index contributed by atoms with van der Waals surface area (Å²) in [6.07, 6.45) is 2.32. The standard InChI is InChI=1S/C16H25NS/c1-16(2,3)14-6-4-12(5-7-14)10-15(17)13-8-9-18-11-13/h4-7,13,15H,8-11,17H2,1-3H3. The number of hydrogen-bond acceptors (Lipinski definition) is 2. The maximum absolute atomic E-state index is 6.32. The monoisotopic (exact) mass is 263 g/mol. The molecule has 1 fully saturated rings. The smallest absolute Gasteiger partial charge is 0.0116 e. The van der Waals surface area contributed by atoms with Crippen molar-refractivity contribution in [2.75, 3.05) is 11.5 Å². The Morgan fingerprint density at radius 1 is 1.28 bits per heavy atom. The first-order valence-electron chi connectivity index (χ1n) is 6.89. The molecule has 1 nitrogen and oxygen atoms in total. The van der Waals surface area contributed by atoms with Gasteiger partial charge < -0.3 is 5.73 Å². The largest absolute Gasteiger partial charge is 0.327 e. The fourth-order valence-corrected chi connectivity index (χ4v) is 3.82. The zero-order chi connectivity index (χ0) is 13.2. The van der Waals surface area contributed by atoms with Crippen molar-refractivity contribution in [3.63, 3.8) is 0 Å². The van der Waals surface area contributed by atoms with Gasteiger partial charge in [-0.3, -0.25) is 0 Å². The van der Waals surface area contributed by atoms with Gasteiger partial charge in [0, 0.05) is 6.04 Å². The highest BCUT2D eigenvalue weighted by Gasteiger charge is 2.22. The SMILES string of the molecule is CC(C)(C)c1ccc(CC(N)C2CCSC2)cc1. The van der Waals surface area contributed by atoms with E-state index in [0.717, 1.165) is 12.3 Å². The molecule has 1 aromatic carbocycles. The van der Waals surface area contributed by atoms with Crippen molar-refractivity contribution >= 4 is 11.8 Å². The molecule has 0 bridgehead atoms. The molecule has 1 aliphatic heterocycles. The number of nitrogens with two attached hydrogens (primary N) is 1. The number of rotatable bonds is 3. The normalized spacial score (nSPS) is 22.1. The van der Waals surface area contributed by atoms with Crippen LogP contribution in [0.3, 0.4) is 0 Å². The summed E-state index contributed by atoms with van der Waals surface area (Å²) in [7, 11) is 0. The fraction of sp³-hybridized carbons (Fsp3) is 0.625. The number of benzene rings is 1. The molecule has 1 aliphatic rings. The molecule has 0 aromatic heterocycles. The van der Waals surface area contributed by atoms with Gasteiger partial charge in [-0.15, -0.1) is 0 Å². The highest BCUT2D eigenvalue weighted by molar-refractivity contribution is 7.99. The molecule has 18 heavy (non-hydrogen) atoms. The average Bonchev–Trinajstić information content (AvgIpc) is 2.82. The predicted molar refractivity (Wildman–Crippen MR) is 82.3 cm³/mol. The van der Waals surface area contributed by atoms with Gasteiger partial charge in [-0.25, -0.2) is 0 Å². The van der Waals surface area contributed by atoms with Crippen LogP contribution in [0.5, 0.6) is 0 Å². The molecule has 1 saturated heterocycles. The minimum atomic E-state index is 0.239. The lowest BCUT2D eigenvalue weighted by Gasteiger charge is -2.21. The summed E-state index contributed by atoms with van der Waals surface area (Å²) in [4.78, 5) is 0. The van der Waals surface area contributed by atoms with Crippen LogP contribution in [-0.2, 0) is 11.8 Å². The second-order valence-corrected chi connectivity index (χ2v) is 7.59. The van der Waals surface area contributed by atoms with Crippen molar-refractivity contribution in [2.24, 2.45) is 11.7 Å². The Balaban J connectivity index is 1.97. The summed E-state index contributed by atoms with van der Waals surface area (Å²) in [6, 6.07) is 9.35. The van der Waals surface area contributed by atoms with Gasteiger partial charge in [0.15, 0.2) is 0 Å². The summed E-state index contributed by atoms with van der Waals surface area (Å²) in [5.74, 6) is 3.26. The van der Waals surface area contributed by atoms with Gasteiger partial charge in [0.25, 0.3) is 0 Å². The van der Waals surface area contributed by atoms with Gasteiger partial charge in [0.2, 0.25) is 0 Å². The molecule has 0 spiro atoms. The summed E-state index contributed by atoms with van der Waals surface area (Å²) in [5.41, 5.74) is 9.34. The third-order valence-electron chi connectivity index (χ3n) is 3.86. The Hall–Kier alpha value is -0.470. The minimum Gasteiger partial charge on any atom is -0.327 e. The summed E-state index contributed by atoms with van der Waals surface area (Å²) >= 11 is 2.05. The van der Waals surface area contributed by atoms with Crippen molar-refractivity contribution in [3.8, 4) is 0 Å². The molecule has 0 radical (unpaired) electrons. The van der Waals surface area contributed by atoms with E-state index < -0.39 is 0 Å². The van der Waals surface area contributed by atoms with Crippen LogP contribution in [-0.4, -0.2) is 17.5 Å². The van der Waals surface area contributed by atoms with Crippen LogP contribution < -0.4 is 5.73 Å². The summed E-state index contributed by atoms with van der Waals surface area (Å²) in [5, 5.41) is 0. The maximum atomic E-state index is 6.32. The molecule has 100 valence electrons. The average molecular weight is 263 g/mol. The van der Waals surface area contributed by atoms with E-state index in [-0.39, 0.29) is 5.41 Å². The number of hydrogen-bond donors (Lipinski definition) is 1. The lowest BCUT2D eigenvalue weighted by atomic mass is 9.86. The molecule has 0 saturated carbocycles. The highest BCUT2D eigenvalue weighted by atomic mass is 32.2. The number of thioether (sulfide) groups is 1. The van der Waals surface area contributed by atoms with E-state index in [0.29, 0.717) is 6.04 Å². The highest BCUT2D eigenvalue weighted by Crippen LogP contribution is 2.27. The topological polar surface area (TPSA) is 26.0 Å². The van der Waals surface area contributed by atoms with E-state index in [1.54, 1.807) is 0 Å². The Morgan fingerprint density at radius 2 is 1.94 bits per heavy atom. The molecule has 2 rings (SSSR count). The van der Waals surface area contributed by atoms with E-state index in [2.05, 4.69) is 45.0 Å². The zero-order valence-corrected chi connectivity index (χ0v) is 12.6. The third kappa shape index (κ3) is 3.52. The molecular formula is C16H25NS. The third-order valence-corrected chi connectivity index (χ3v) is 5.05. The van der Waals surface area contributed by atoms with Crippen LogP contribution >= 0.6 is 11.8 Å². The summed E-state index contributed by atoms with van der Waals surface area (Å²) < 4.78 is 0. The fourth-order valence-electron chi connectivity index (χ4n) is 2.47. The molecule has 2 heteroatoms. The van der Waals surface area contributed by atoms with Crippen LogP contribution in [0, 0.1) is 5.92 Å². The molecule has 2 atom stereocenters. The second kappa shape index (κ2) is 5.66. The van der Waals surface area contributed by atoms with Crippen molar-refractivity contribution in [2.45, 2.75) is 45.1 Å². The second-order valence-electron chi connectivity index (χ2n) is 6.44. The summed E-state index contributed by atoms with van der Waals surface area (Å²) in [6.45, 7) is 6.76. The molecule has 2 N–H and O–H groups in total. The van der Waals surface area contributed by atoms with Crippen LogP contribution in [0.15, 0.2) is 24.3 Å². The van der Waals surface area contributed by atoms with Crippen LogP contribution in [0.25, 0.3) is 0 Å². The van der Waals surface area contributed by atoms with Crippen LogP contribution in [0.1, 0.15) is 38.3 Å². The van der Waals surface area contributed by atoms with Crippen molar-refractivity contribution in [1.29, 1.82) is 0 Å². The van der Waals surface area contributed by atoms with E-state index in [4.69, 9.17) is 5.73 Å². The van der Waals surface area contributed by atoms with Gasteiger partial charge in [0.1, 0.15) is 0 Å². The van der Waals surface area contributed by atoms with E-state index in [1.807, 2.05) is 11.8 Å². The Bertz CT molecular complexity index is 371. The van der Waals surface area contributed by atoms with Gasteiger partial charge >= 0.3 is 0 Å². The predicted octanol–water partition coefficient (Wildman–Crippen LogP) is 3.61. The van der Waals surface area contributed by atoms with E-state index >= 15 is 0 Å². The lowest BCUT2D eigenvalue weighted by Crippen LogP contribution is -2.32. The van der Waals surface area contributed by atoms with Crippen molar-refractivity contribution in [1.82, 2.24) is 0 Å². The van der Waals surface area contributed by atoms with Gasteiger partial charge in [-0.05, 0) is 46.8 Å². The van der Waals surface area contributed by atoms with Crippen LogP contribution in [0.2, 0.25) is 0 Å². The molecule has 0 amide bonds. The quantitative estimate of drug-likeness (QED) is 0.901. The first-order chi connectivity index (χ1) is 8.47.